The van der Waals surface area contributed by atoms with Gasteiger partial charge in [-0.05, 0) is 44.4 Å². The van der Waals surface area contributed by atoms with Crippen molar-refractivity contribution in [2.24, 2.45) is 5.73 Å². The van der Waals surface area contributed by atoms with Gasteiger partial charge in [-0.1, -0.05) is 17.7 Å². The van der Waals surface area contributed by atoms with Crippen molar-refractivity contribution < 1.29 is 4.74 Å². The van der Waals surface area contributed by atoms with Crippen LogP contribution in [0.3, 0.4) is 0 Å². The lowest BCUT2D eigenvalue weighted by Gasteiger charge is -2.23. The highest BCUT2D eigenvalue weighted by Gasteiger charge is 2.15. The van der Waals surface area contributed by atoms with E-state index in [4.69, 9.17) is 10.5 Å². The fourth-order valence-electron chi connectivity index (χ4n) is 2.44. The summed E-state index contributed by atoms with van der Waals surface area (Å²) in [6.07, 6.45) is 0.199. The smallest absolute Gasteiger partial charge is 0.0667 e. The second kappa shape index (κ2) is 6.88. The summed E-state index contributed by atoms with van der Waals surface area (Å²) in [6, 6.07) is 4.63. The summed E-state index contributed by atoms with van der Waals surface area (Å²) >= 11 is 0. The molecule has 0 saturated heterocycles. The number of benzene rings is 1. The molecule has 0 heterocycles. The van der Waals surface area contributed by atoms with Gasteiger partial charge in [-0.3, -0.25) is 0 Å². The summed E-state index contributed by atoms with van der Waals surface area (Å²) in [6.45, 7) is 9.89. The van der Waals surface area contributed by atoms with Crippen molar-refractivity contribution in [1.82, 2.24) is 5.32 Å². The largest absolute Gasteiger partial charge is 0.380 e. The zero-order chi connectivity index (χ0) is 13.7. The van der Waals surface area contributed by atoms with Gasteiger partial charge >= 0.3 is 0 Å². The van der Waals surface area contributed by atoms with Crippen molar-refractivity contribution in [3.8, 4) is 0 Å². The first-order valence-corrected chi connectivity index (χ1v) is 6.53. The fraction of sp³-hybridized carbons (Fsp3) is 0.600. The Kier molecular flexibility index (Phi) is 5.79. The molecule has 1 aromatic carbocycles. The molecule has 1 rings (SSSR count). The molecule has 0 aliphatic rings. The van der Waals surface area contributed by atoms with Crippen molar-refractivity contribution in [2.45, 2.75) is 39.8 Å². The maximum absolute atomic E-state index is 5.90. The van der Waals surface area contributed by atoms with Gasteiger partial charge in [0.15, 0.2) is 0 Å². The normalized spacial score (nSPS) is 14.6. The monoisotopic (exact) mass is 250 g/mol. The van der Waals surface area contributed by atoms with Crippen LogP contribution >= 0.6 is 0 Å². The van der Waals surface area contributed by atoms with Gasteiger partial charge < -0.3 is 15.8 Å². The van der Waals surface area contributed by atoms with Crippen LogP contribution in [0.4, 0.5) is 0 Å². The molecule has 3 heteroatoms. The highest BCUT2D eigenvalue weighted by molar-refractivity contribution is 5.39. The summed E-state index contributed by atoms with van der Waals surface area (Å²) in [5.41, 5.74) is 11.1. The number of nitrogens with two attached hydrogens (primary N) is 1. The maximum Gasteiger partial charge on any atom is 0.0667 e. The minimum Gasteiger partial charge on any atom is -0.380 e. The summed E-state index contributed by atoms with van der Waals surface area (Å²) in [7, 11) is 1.73. The first-order valence-electron chi connectivity index (χ1n) is 6.53. The maximum atomic E-state index is 5.90. The number of nitrogens with one attached hydrogen (secondary N) is 1. The summed E-state index contributed by atoms with van der Waals surface area (Å²) in [5, 5.41) is 3.49. The fourth-order valence-corrected chi connectivity index (χ4v) is 2.44. The Labute approximate surface area is 111 Å². The number of rotatable bonds is 6. The number of methoxy groups -OCH3 is 1. The predicted octanol–water partition coefficient (Wildman–Crippen LogP) is 2.24. The average molecular weight is 250 g/mol. The molecular formula is C15H26N2O. The van der Waals surface area contributed by atoms with Crippen molar-refractivity contribution in [2.75, 3.05) is 20.2 Å². The Morgan fingerprint density at radius 3 is 2.22 bits per heavy atom. The highest BCUT2D eigenvalue weighted by Crippen LogP contribution is 2.23. The van der Waals surface area contributed by atoms with E-state index in [1.54, 1.807) is 7.11 Å². The van der Waals surface area contributed by atoms with Gasteiger partial charge in [-0.25, -0.2) is 0 Å². The van der Waals surface area contributed by atoms with E-state index in [0.717, 1.165) is 6.54 Å². The van der Waals surface area contributed by atoms with Gasteiger partial charge in [0.2, 0.25) is 0 Å². The Morgan fingerprint density at radius 2 is 1.78 bits per heavy atom. The van der Waals surface area contributed by atoms with Crippen molar-refractivity contribution in [1.29, 1.82) is 0 Å². The number of ether oxygens (including phenoxy) is 1. The van der Waals surface area contributed by atoms with Gasteiger partial charge in [-0.15, -0.1) is 0 Å². The lowest BCUT2D eigenvalue weighted by atomic mass is 9.94. The van der Waals surface area contributed by atoms with Crippen molar-refractivity contribution in [3.05, 3.63) is 34.4 Å². The Morgan fingerprint density at radius 1 is 1.22 bits per heavy atom. The van der Waals surface area contributed by atoms with E-state index < -0.39 is 0 Å². The molecule has 0 amide bonds. The summed E-state index contributed by atoms with van der Waals surface area (Å²) < 4.78 is 5.26. The molecular weight excluding hydrogens is 224 g/mol. The third-order valence-electron chi connectivity index (χ3n) is 3.38. The lowest BCUT2D eigenvalue weighted by Crippen LogP contribution is -2.34. The van der Waals surface area contributed by atoms with Gasteiger partial charge in [0.1, 0.15) is 0 Å². The molecule has 0 aromatic heterocycles. The van der Waals surface area contributed by atoms with Crippen molar-refractivity contribution >= 4 is 0 Å². The van der Waals surface area contributed by atoms with E-state index in [-0.39, 0.29) is 12.1 Å². The summed E-state index contributed by atoms with van der Waals surface area (Å²) in [4.78, 5) is 0. The third kappa shape index (κ3) is 3.80. The predicted molar refractivity (Wildman–Crippen MR) is 76.9 cm³/mol. The molecule has 0 aliphatic heterocycles. The van der Waals surface area contributed by atoms with Gasteiger partial charge in [0.25, 0.3) is 0 Å². The van der Waals surface area contributed by atoms with Gasteiger partial charge in [-0.2, -0.15) is 0 Å². The van der Waals surface area contributed by atoms with Crippen LogP contribution in [-0.2, 0) is 4.74 Å². The van der Waals surface area contributed by atoms with Crippen LogP contribution in [0.25, 0.3) is 0 Å². The number of aryl methyl sites for hydroxylation is 3. The van der Waals surface area contributed by atoms with Crippen molar-refractivity contribution in [3.63, 3.8) is 0 Å². The number of hydrogen-bond acceptors (Lipinski definition) is 3. The molecule has 3 nitrogen and oxygen atoms in total. The molecule has 1 aromatic rings. The van der Waals surface area contributed by atoms with Crippen LogP contribution in [0.5, 0.6) is 0 Å². The first kappa shape index (κ1) is 15.2. The molecule has 0 radical (unpaired) electrons. The minimum absolute atomic E-state index is 0.197. The molecule has 102 valence electrons. The van der Waals surface area contributed by atoms with E-state index in [1.807, 2.05) is 0 Å². The zero-order valence-electron chi connectivity index (χ0n) is 12.2. The third-order valence-corrected chi connectivity index (χ3v) is 3.38. The average Bonchev–Trinajstić information content (AvgIpc) is 2.31. The SMILES string of the molecule is COC(C)CNC(CN)c1c(C)cc(C)cc1C. The van der Waals surface area contributed by atoms with E-state index in [0.29, 0.717) is 6.54 Å². The van der Waals surface area contributed by atoms with Gasteiger partial charge in [0, 0.05) is 26.2 Å². The molecule has 2 atom stereocenters. The van der Waals surface area contributed by atoms with Crippen LogP contribution < -0.4 is 11.1 Å². The molecule has 3 N–H and O–H groups in total. The van der Waals surface area contributed by atoms with Crippen LogP contribution in [-0.4, -0.2) is 26.3 Å². The Hall–Kier alpha value is -0.900. The molecule has 18 heavy (non-hydrogen) atoms. The highest BCUT2D eigenvalue weighted by atomic mass is 16.5. The molecule has 0 bridgehead atoms. The van der Waals surface area contributed by atoms with E-state index in [1.165, 1.54) is 22.3 Å². The molecule has 0 aliphatic carbocycles. The summed E-state index contributed by atoms with van der Waals surface area (Å²) in [5.74, 6) is 0. The minimum atomic E-state index is 0.197. The lowest BCUT2D eigenvalue weighted by molar-refractivity contribution is 0.114. The van der Waals surface area contributed by atoms with E-state index in [9.17, 15) is 0 Å². The Balaban J connectivity index is 2.88. The van der Waals surface area contributed by atoms with Gasteiger partial charge in [0.05, 0.1) is 6.10 Å². The van der Waals surface area contributed by atoms with Crippen LogP contribution in [0.2, 0.25) is 0 Å². The topological polar surface area (TPSA) is 47.3 Å². The van der Waals surface area contributed by atoms with Crippen LogP contribution in [0.15, 0.2) is 12.1 Å². The second-order valence-corrected chi connectivity index (χ2v) is 5.06. The molecule has 0 spiro atoms. The quantitative estimate of drug-likeness (QED) is 0.814. The van der Waals surface area contributed by atoms with Crippen LogP contribution in [0.1, 0.15) is 35.2 Å². The standard InChI is InChI=1S/C15H26N2O/c1-10-6-11(2)15(12(3)7-10)14(8-16)17-9-13(4)18-5/h6-7,13-14,17H,8-9,16H2,1-5H3. The molecule has 0 fully saturated rings. The molecule has 0 saturated carbocycles. The van der Waals surface area contributed by atoms with E-state index in [2.05, 4.69) is 45.1 Å². The number of hydrogen-bond donors (Lipinski definition) is 2. The van der Waals surface area contributed by atoms with E-state index >= 15 is 0 Å². The first-order chi connectivity index (χ1) is 8.49. The zero-order valence-corrected chi connectivity index (χ0v) is 12.2. The molecule has 2 unspecified atom stereocenters. The second-order valence-electron chi connectivity index (χ2n) is 5.06. The van der Waals surface area contributed by atoms with Crippen LogP contribution in [0, 0.1) is 20.8 Å². The Bertz CT molecular complexity index is 367.